The van der Waals surface area contributed by atoms with Crippen molar-refractivity contribution in [2.24, 2.45) is 11.8 Å². The molecular formula is C10H16N6O. The number of nitrogens with two attached hydrogens (primary N) is 1. The van der Waals surface area contributed by atoms with E-state index in [1.807, 2.05) is 18.9 Å². The molecule has 17 heavy (non-hydrogen) atoms. The number of nitrogens with one attached hydrogen (secondary N) is 1. The maximum Gasteiger partial charge on any atom is 0.205 e. The summed E-state index contributed by atoms with van der Waals surface area (Å²) in [5, 5.41) is 8.78. The van der Waals surface area contributed by atoms with Gasteiger partial charge in [0.2, 0.25) is 5.75 Å². The molecule has 0 aromatic carbocycles. The highest BCUT2D eigenvalue weighted by atomic mass is 16.5. The zero-order valence-electron chi connectivity index (χ0n) is 10.1. The van der Waals surface area contributed by atoms with Gasteiger partial charge in [-0.25, -0.2) is 15.8 Å². The molecular weight excluding hydrogens is 220 g/mol. The number of nitrogen functional groups attached to an aromatic ring is 1. The van der Waals surface area contributed by atoms with Crippen LogP contribution in [0.3, 0.4) is 0 Å². The number of methoxy groups -OCH3 is 1. The van der Waals surface area contributed by atoms with Crippen LogP contribution in [0, 0.1) is 17.2 Å². The van der Waals surface area contributed by atoms with Crippen molar-refractivity contribution < 1.29 is 4.74 Å². The van der Waals surface area contributed by atoms with Crippen molar-refractivity contribution in [3.63, 3.8) is 0 Å². The topological polar surface area (TPSA) is 100 Å². The Kier molecular flexibility index (Phi) is 4.48. The van der Waals surface area contributed by atoms with E-state index in [9.17, 15) is 0 Å². The Labute approximate surface area is 100 Å². The summed E-state index contributed by atoms with van der Waals surface area (Å²) < 4.78 is 5.21. The van der Waals surface area contributed by atoms with Gasteiger partial charge in [-0.2, -0.15) is 5.26 Å². The van der Waals surface area contributed by atoms with E-state index in [-0.39, 0.29) is 5.92 Å². The van der Waals surface area contributed by atoms with E-state index in [1.165, 1.54) is 13.4 Å². The molecule has 3 N–H and O–H groups in total. The van der Waals surface area contributed by atoms with E-state index in [4.69, 9.17) is 15.8 Å². The van der Waals surface area contributed by atoms with Gasteiger partial charge in [0.05, 0.1) is 19.1 Å². The lowest BCUT2D eigenvalue weighted by Crippen LogP contribution is -2.25. The molecule has 1 aromatic heterocycles. The Bertz CT molecular complexity index is 416. The number of hydrogen-bond donors (Lipinski definition) is 2. The van der Waals surface area contributed by atoms with Gasteiger partial charge >= 0.3 is 0 Å². The lowest BCUT2D eigenvalue weighted by Gasteiger charge is -2.21. The lowest BCUT2D eigenvalue weighted by molar-refractivity contribution is 0.412. The molecule has 1 aromatic rings. The summed E-state index contributed by atoms with van der Waals surface area (Å²) in [6.45, 7) is 2.39. The number of hydrazine groups is 1. The summed E-state index contributed by atoms with van der Waals surface area (Å²) in [4.78, 5) is 9.91. The fourth-order valence-corrected chi connectivity index (χ4v) is 1.47. The van der Waals surface area contributed by atoms with Gasteiger partial charge in [0, 0.05) is 13.6 Å². The SMILES string of the molecule is COc1c(NN)ncnc1N(C)CC(C)C#N. The molecule has 0 bridgehead atoms. The van der Waals surface area contributed by atoms with Crippen molar-refractivity contribution in [1.29, 1.82) is 5.26 Å². The summed E-state index contributed by atoms with van der Waals surface area (Å²) >= 11 is 0. The second-order valence-electron chi connectivity index (χ2n) is 3.63. The smallest absolute Gasteiger partial charge is 0.205 e. The minimum Gasteiger partial charge on any atom is -0.490 e. The number of ether oxygens (including phenoxy) is 1. The van der Waals surface area contributed by atoms with Crippen molar-refractivity contribution in [2.45, 2.75) is 6.92 Å². The average molecular weight is 236 g/mol. The van der Waals surface area contributed by atoms with Crippen LogP contribution >= 0.6 is 0 Å². The van der Waals surface area contributed by atoms with Gasteiger partial charge in [0.1, 0.15) is 6.33 Å². The molecule has 1 unspecified atom stereocenters. The molecule has 0 spiro atoms. The lowest BCUT2D eigenvalue weighted by atomic mass is 10.2. The van der Waals surface area contributed by atoms with Gasteiger partial charge in [-0.15, -0.1) is 0 Å². The van der Waals surface area contributed by atoms with E-state index >= 15 is 0 Å². The third-order valence-corrected chi connectivity index (χ3v) is 2.26. The van der Waals surface area contributed by atoms with Crippen LogP contribution in [-0.4, -0.2) is 30.7 Å². The summed E-state index contributed by atoms with van der Waals surface area (Å²) in [6.07, 6.45) is 1.39. The summed E-state index contributed by atoms with van der Waals surface area (Å²) in [5.41, 5.74) is 2.44. The molecule has 0 radical (unpaired) electrons. The summed E-state index contributed by atoms with van der Waals surface area (Å²) in [6, 6.07) is 2.17. The Morgan fingerprint density at radius 1 is 1.65 bits per heavy atom. The minimum atomic E-state index is -0.103. The van der Waals surface area contributed by atoms with Gasteiger partial charge in [-0.1, -0.05) is 0 Å². The molecule has 0 saturated carbocycles. The first kappa shape index (κ1) is 13.0. The predicted molar refractivity (Wildman–Crippen MR) is 64.4 cm³/mol. The number of nitriles is 1. The molecule has 1 heterocycles. The maximum absolute atomic E-state index is 8.78. The Morgan fingerprint density at radius 3 is 2.88 bits per heavy atom. The third-order valence-electron chi connectivity index (χ3n) is 2.26. The molecule has 1 rings (SSSR count). The fraction of sp³-hybridized carbons (Fsp3) is 0.500. The van der Waals surface area contributed by atoms with Crippen molar-refractivity contribution in [1.82, 2.24) is 9.97 Å². The molecule has 0 aliphatic rings. The highest BCUT2D eigenvalue weighted by Crippen LogP contribution is 2.30. The maximum atomic E-state index is 8.78. The van der Waals surface area contributed by atoms with Crippen LogP contribution in [0.15, 0.2) is 6.33 Å². The second-order valence-corrected chi connectivity index (χ2v) is 3.63. The van der Waals surface area contributed by atoms with Crippen LogP contribution in [0.25, 0.3) is 0 Å². The first-order chi connectivity index (χ1) is 8.13. The quantitative estimate of drug-likeness (QED) is 0.562. The molecule has 1 atom stereocenters. The minimum absolute atomic E-state index is 0.103. The predicted octanol–water partition coefficient (Wildman–Crippen LogP) is 0.367. The molecule has 0 aliphatic carbocycles. The Balaban J connectivity index is 3.01. The van der Waals surface area contributed by atoms with Gasteiger partial charge in [-0.3, -0.25) is 0 Å². The van der Waals surface area contributed by atoms with Crippen LogP contribution in [0.2, 0.25) is 0 Å². The fourth-order valence-electron chi connectivity index (χ4n) is 1.47. The Hall–Kier alpha value is -2.07. The van der Waals surface area contributed by atoms with Crippen molar-refractivity contribution >= 4 is 11.6 Å². The molecule has 7 nitrogen and oxygen atoms in total. The van der Waals surface area contributed by atoms with Crippen LogP contribution in [0.4, 0.5) is 11.6 Å². The van der Waals surface area contributed by atoms with Crippen LogP contribution in [0.1, 0.15) is 6.92 Å². The standard InChI is InChI=1S/C10H16N6O/c1-7(4-11)5-16(2)10-8(17-3)9(15-12)13-6-14-10/h6-7H,5,12H2,1-3H3,(H,13,14,15). The first-order valence-corrected chi connectivity index (χ1v) is 5.10. The van der Waals surface area contributed by atoms with Crippen LogP contribution < -0.4 is 20.9 Å². The zero-order chi connectivity index (χ0) is 12.8. The average Bonchev–Trinajstić information content (AvgIpc) is 2.37. The van der Waals surface area contributed by atoms with Gasteiger partial charge in [0.15, 0.2) is 11.6 Å². The molecule has 0 saturated heterocycles. The summed E-state index contributed by atoms with van der Waals surface area (Å²) in [5.74, 6) is 6.70. The van der Waals surface area contributed by atoms with Gasteiger partial charge in [0.25, 0.3) is 0 Å². The van der Waals surface area contributed by atoms with E-state index in [0.717, 1.165) is 0 Å². The molecule has 0 aliphatic heterocycles. The van der Waals surface area contributed by atoms with Gasteiger partial charge < -0.3 is 15.1 Å². The largest absolute Gasteiger partial charge is 0.490 e. The monoisotopic (exact) mass is 236 g/mol. The first-order valence-electron chi connectivity index (χ1n) is 5.10. The molecule has 92 valence electrons. The van der Waals surface area contributed by atoms with Crippen LogP contribution in [-0.2, 0) is 0 Å². The summed E-state index contributed by atoms with van der Waals surface area (Å²) in [7, 11) is 3.35. The van der Waals surface area contributed by atoms with Crippen molar-refractivity contribution in [3.05, 3.63) is 6.33 Å². The number of hydrogen-bond acceptors (Lipinski definition) is 7. The molecule has 0 fully saturated rings. The van der Waals surface area contributed by atoms with E-state index in [0.29, 0.717) is 23.9 Å². The number of nitrogens with zero attached hydrogens (tertiary/aromatic N) is 4. The highest BCUT2D eigenvalue weighted by molar-refractivity contribution is 5.64. The number of aromatic nitrogens is 2. The number of anilines is 2. The Morgan fingerprint density at radius 2 is 2.35 bits per heavy atom. The molecule has 0 amide bonds. The highest BCUT2D eigenvalue weighted by Gasteiger charge is 2.16. The van der Waals surface area contributed by atoms with Crippen molar-refractivity contribution in [3.8, 4) is 11.8 Å². The number of rotatable bonds is 5. The van der Waals surface area contributed by atoms with E-state index < -0.39 is 0 Å². The van der Waals surface area contributed by atoms with Crippen molar-refractivity contribution in [2.75, 3.05) is 31.0 Å². The normalized spacial score (nSPS) is 11.5. The van der Waals surface area contributed by atoms with Crippen LogP contribution in [0.5, 0.6) is 5.75 Å². The third kappa shape index (κ3) is 2.95. The van der Waals surface area contributed by atoms with E-state index in [1.54, 1.807) is 0 Å². The van der Waals surface area contributed by atoms with Gasteiger partial charge in [-0.05, 0) is 6.92 Å². The second kappa shape index (κ2) is 5.86. The van der Waals surface area contributed by atoms with E-state index in [2.05, 4.69) is 21.5 Å². The zero-order valence-corrected chi connectivity index (χ0v) is 10.1. The molecule has 7 heteroatoms.